The van der Waals surface area contributed by atoms with Crippen LogP contribution in [0, 0.1) is 35.0 Å². The Morgan fingerprint density at radius 1 is 1.14 bits per heavy atom. The van der Waals surface area contributed by atoms with Gasteiger partial charge in [0.2, 0.25) is 0 Å². The highest BCUT2D eigenvalue weighted by molar-refractivity contribution is 5.19. The van der Waals surface area contributed by atoms with Crippen molar-refractivity contribution in [2.75, 3.05) is 0 Å². The van der Waals surface area contributed by atoms with Crippen LogP contribution in [-0.2, 0) is 0 Å². The van der Waals surface area contributed by atoms with Gasteiger partial charge in [0, 0.05) is 0 Å². The Hall–Kier alpha value is -0.300. The number of fused-ring (bicyclic) bond motifs is 3. The summed E-state index contributed by atoms with van der Waals surface area (Å²) in [4.78, 5) is 0. The van der Waals surface area contributed by atoms with Gasteiger partial charge < -0.3 is 5.11 Å². The van der Waals surface area contributed by atoms with Crippen LogP contribution in [0.2, 0.25) is 0 Å². The molecular weight excluding hydrogens is 256 g/mol. The van der Waals surface area contributed by atoms with Gasteiger partial charge in [-0.15, -0.1) is 0 Å². The Morgan fingerprint density at radius 2 is 1.86 bits per heavy atom. The third-order valence-electron chi connectivity index (χ3n) is 7.43. The van der Waals surface area contributed by atoms with E-state index in [0.29, 0.717) is 23.2 Å². The molecule has 0 aromatic carbocycles. The standard InChI is InChI=1S/C20H34O/c1-13(2)15-8-12-20(5,21)16-9-11-19(4)10-6-7-14(3)18(19)17(15)16/h7,13,15-18,21H,6,8-12H2,1-5H3/t15-,16?,17-,18+,19-,20+/m1/s1. The molecular formula is C20H34O. The van der Waals surface area contributed by atoms with Crippen molar-refractivity contribution < 1.29 is 5.11 Å². The molecule has 3 rings (SSSR count). The van der Waals surface area contributed by atoms with Gasteiger partial charge in [-0.3, -0.25) is 0 Å². The summed E-state index contributed by atoms with van der Waals surface area (Å²) in [6, 6.07) is 0. The molecule has 3 aliphatic carbocycles. The molecule has 0 bridgehead atoms. The smallest absolute Gasteiger partial charge is 0.0650 e. The van der Waals surface area contributed by atoms with Crippen LogP contribution in [0.3, 0.4) is 0 Å². The Balaban J connectivity index is 2.03. The molecule has 2 saturated carbocycles. The van der Waals surface area contributed by atoms with Crippen molar-refractivity contribution in [3.05, 3.63) is 11.6 Å². The average Bonchev–Trinajstić information content (AvgIpc) is 2.36. The maximum absolute atomic E-state index is 11.0. The van der Waals surface area contributed by atoms with Crippen molar-refractivity contribution in [3.63, 3.8) is 0 Å². The predicted octanol–water partition coefficient (Wildman–Crippen LogP) is 5.19. The minimum Gasteiger partial charge on any atom is -0.390 e. The van der Waals surface area contributed by atoms with Gasteiger partial charge >= 0.3 is 0 Å². The number of hydrogen-bond donors (Lipinski definition) is 1. The molecule has 0 aliphatic heterocycles. The van der Waals surface area contributed by atoms with E-state index in [9.17, 15) is 5.11 Å². The second-order valence-corrected chi connectivity index (χ2v) is 9.14. The fourth-order valence-electron chi connectivity index (χ4n) is 6.31. The molecule has 0 saturated heterocycles. The highest BCUT2D eigenvalue weighted by atomic mass is 16.3. The lowest BCUT2D eigenvalue weighted by atomic mass is 9.46. The molecule has 1 unspecified atom stereocenters. The summed E-state index contributed by atoms with van der Waals surface area (Å²) in [5.74, 6) is 3.46. The zero-order valence-corrected chi connectivity index (χ0v) is 14.7. The molecule has 1 N–H and O–H groups in total. The second-order valence-electron chi connectivity index (χ2n) is 9.14. The fraction of sp³-hybridized carbons (Fsp3) is 0.900. The molecule has 0 aromatic heterocycles. The van der Waals surface area contributed by atoms with Gasteiger partial charge in [0.15, 0.2) is 0 Å². The zero-order chi connectivity index (χ0) is 15.4. The van der Waals surface area contributed by atoms with E-state index in [1.54, 1.807) is 5.57 Å². The molecule has 0 spiro atoms. The van der Waals surface area contributed by atoms with Crippen LogP contribution in [0.5, 0.6) is 0 Å². The average molecular weight is 290 g/mol. The van der Waals surface area contributed by atoms with Gasteiger partial charge in [-0.2, -0.15) is 0 Å². The minimum atomic E-state index is -0.435. The van der Waals surface area contributed by atoms with Gasteiger partial charge in [-0.05, 0) is 87.4 Å². The lowest BCUT2D eigenvalue weighted by Gasteiger charge is -2.60. The van der Waals surface area contributed by atoms with E-state index in [-0.39, 0.29) is 0 Å². The van der Waals surface area contributed by atoms with Crippen LogP contribution in [0.25, 0.3) is 0 Å². The zero-order valence-electron chi connectivity index (χ0n) is 14.7. The SMILES string of the molecule is CC1=CCC[C@]2(C)CCC3[C@@H]([C@@H](C(C)C)CC[C@]3(C)O)[C@H]12. The first-order valence-electron chi connectivity index (χ1n) is 9.15. The predicted molar refractivity (Wildman–Crippen MR) is 89.0 cm³/mol. The number of rotatable bonds is 1. The normalized spacial score (nSPS) is 50.3. The number of aliphatic hydroxyl groups is 1. The largest absolute Gasteiger partial charge is 0.390 e. The second kappa shape index (κ2) is 5.11. The summed E-state index contributed by atoms with van der Waals surface area (Å²) >= 11 is 0. The Kier molecular flexibility index (Phi) is 3.80. The third kappa shape index (κ3) is 2.40. The Labute approximate surface area is 131 Å². The lowest BCUT2D eigenvalue weighted by Crippen LogP contribution is -2.56. The van der Waals surface area contributed by atoms with Crippen LogP contribution in [-0.4, -0.2) is 10.7 Å². The van der Waals surface area contributed by atoms with Crippen molar-refractivity contribution in [1.29, 1.82) is 0 Å². The summed E-state index contributed by atoms with van der Waals surface area (Å²) in [5.41, 5.74) is 1.68. The topological polar surface area (TPSA) is 20.2 Å². The van der Waals surface area contributed by atoms with E-state index in [1.165, 1.54) is 32.1 Å². The highest BCUT2D eigenvalue weighted by Gasteiger charge is 2.56. The molecule has 0 radical (unpaired) electrons. The van der Waals surface area contributed by atoms with Crippen molar-refractivity contribution in [2.45, 2.75) is 78.7 Å². The first-order valence-corrected chi connectivity index (χ1v) is 9.15. The Morgan fingerprint density at radius 3 is 2.52 bits per heavy atom. The number of allylic oxidation sites excluding steroid dienone is 2. The van der Waals surface area contributed by atoms with Crippen LogP contribution < -0.4 is 0 Å². The molecule has 0 aromatic rings. The third-order valence-corrected chi connectivity index (χ3v) is 7.43. The minimum absolute atomic E-state index is 0.435. The van der Waals surface area contributed by atoms with Crippen molar-refractivity contribution in [1.82, 2.24) is 0 Å². The van der Waals surface area contributed by atoms with E-state index >= 15 is 0 Å². The van der Waals surface area contributed by atoms with Crippen LogP contribution in [0.4, 0.5) is 0 Å². The van der Waals surface area contributed by atoms with Gasteiger partial charge in [-0.1, -0.05) is 32.4 Å². The van der Waals surface area contributed by atoms with Gasteiger partial charge in [0.05, 0.1) is 5.60 Å². The molecule has 0 heterocycles. The summed E-state index contributed by atoms with van der Waals surface area (Å²) in [5, 5.41) is 11.0. The molecule has 1 heteroatoms. The molecule has 1 nitrogen and oxygen atoms in total. The molecule has 6 atom stereocenters. The maximum Gasteiger partial charge on any atom is 0.0650 e. The lowest BCUT2D eigenvalue weighted by molar-refractivity contribution is -0.145. The fourth-order valence-corrected chi connectivity index (χ4v) is 6.31. The van der Waals surface area contributed by atoms with E-state index in [1.807, 2.05) is 0 Å². The van der Waals surface area contributed by atoms with Crippen LogP contribution >= 0.6 is 0 Å². The van der Waals surface area contributed by atoms with Gasteiger partial charge in [0.1, 0.15) is 0 Å². The van der Waals surface area contributed by atoms with Crippen molar-refractivity contribution in [2.24, 2.45) is 35.0 Å². The van der Waals surface area contributed by atoms with E-state index in [2.05, 4.69) is 40.7 Å². The number of hydrogen-bond acceptors (Lipinski definition) is 1. The molecule has 3 aliphatic rings. The van der Waals surface area contributed by atoms with Crippen LogP contribution in [0.15, 0.2) is 11.6 Å². The Bertz CT molecular complexity index is 433. The summed E-state index contributed by atoms with van der Waals surface area (Å²) < 4.78 is 0. The van der Waals surface area contributed by atoms with Gasteiger partial charge in [0.25, 0.3) is 0 Å². The first-order chi connectivity index (χ1) is 9.76. The molecule has 21 heavy (non-hydrogen) atoms. The maximum atomic E-state index is 11.0. The molecule has 0 amide bonds. The monoisotopic (exact) mass is 290 g/mol. The van der Waals surface area contributed by atoms with Crippen molar-refractivity contribution >= 4 is 0 Å². The van der Waals surface area contributed by atoms with Crippen LogP contribution in [0.1, 0.15) is 73.1 Å². The highest BCUT2D eigenvalue weighted by Crippen LogP contribution is 2.62. The summed E-state index contributed by atoms with van der Waals surface area (Å²) in [7, 11) is 0. The summed E-state index contributed by atoms with van der Waals surface area (Å²) in [6.07, 6.45) is 9.88. The van der Waals surface area contributed by atoms with Crippen molar-refractivity contribution in [3.8, 4) is 0 Å². The first kappa shape index (κ1) is 15.6. The van der Waals surface area contributed by atoms with E-state index < -0.39 is 5.60 Å². The van der Waals surface area contributed by atoms with Gasteiger partial charge in [-0.25, -0.2) is 0 Å². The quantitative estimate of drug-likeness (QED) is 0.659. The van der Waals surface area contributed by atoms with E-state index in [0.717, 1.165) is 18.3 Å². The van der Waals surface area contributed by atoms with E-state index in [4.69, 9.17) is 0 Å². The molecule has 120 valence electrons. The molecule has 2 fully saturated rings. The summed E-state index contributed by atoms with van der Waals surface area (Å²) in [6.45, 7) is 11.8.